The molecule has 3 heteroatoms. The molecular weight excluding hydrogens is 214 g/mol. The molecule has 0 radical (unpaired) electrons. The first-order chi connectivity index (χ1) is 8.22. The minimum absolute atomic E-state index is 0.264. The van der Waals surface area contributed by atoms with E-state index in [0.29, 0.717) is 24.5 Å². The van der Waals surface area contributed by atoms with Crippen LogP contribution >= 0.6 is 0 Å². The number of hydrogen-bond acceptors (Lipinski definition) is 3. The molecule has 4 atom stereocenters. The minimum Gasteiger partial charge on any atom is -0.396 e. The number of rotatable bonds is 4. The van der Waals surface area contributed by atoms with Crippen molar-refractivity contribution in [2.45, 2.75) is 63.5 Å². The van der Waals surface area contributed by atoms with Gasteiger partial charge >= 0.3 is 0 Å². The van der Waals surface area contributed by atoms with E-state index in [4.69, 9.17) is 5.11 Å². The largest absolute Gasteiger partial charge is 0.396 e. The van der Waals surface area contributed by atoms with E-state index in [1.54, 1.807) is 0 Å². The Bertz CT molecular complexity index is 244. The second kappa shape index (κ2) is 5.68. The van der Waals surface area contributed by atoms with Crippen LogP contribution in [0, 0.1) is 11.8 Å². The molecular formula is C14H27NO2. The average molecular weight is 241 g/mol. The maximum Gasteiger partial charge on any atom is 0.0459 e. The van der Waals surface area contributed by atoms with E-state index in [9.17, 15) is 5.11 Å². The van der Waals surface area contributed by atoms with Crippen molar-refractivity contribution >= 4 is 0 Å². The third-order valence-electron chi connectivity index (χ3n) is 4.97. The number of aliphatic hydroxyl groups is 2. The molecule has 3 N–H and O–H groups in total. The molecule has 3 nitrogen and oxygen atoms in total. The SMILES string of the molecule is C[C@H](CO)[C@H]1CCC[C@@]12CCC[C@H](CCO)N2. The molecule has 0 aromatic heterocycles. The van der Waals surface area contributed by atoms with Gasteiger partial charge in [0.2, 0.25) is 0 Å². The van der Waals surface area contributed by atoms with Gasteiger partial charge in [0.25, 0.3) is 0 Å². The smallest absolute Gasteiger partial charge is 0.0459 e. The molecule has 1 saturated heterocycles. The molecule has 17 heavy (non-hydrogen) atoms. The third-order valence-corrected chi connectivity index (χ3v) is 4.97. The van der Waals surface area contributed by atoms with Crippen molar-refractivity contribution < 1.29 is 10.2 Å². The first-order valence-corrected chi connectivity index (χ1v) is 7.21. The second-order valence-electron chi connectivity index (χ2n) is 6.06. The highest BCUT2D eigenvalue weighted by Crippen LogP contribution is 2.45. The van der Waals surface area contributed by atoms with Crippen molar-refractivity contribution in [1.29, 1.82) is 0 Å². The molecule has 0 unspecified atom stereocenters. The lowest BCUT2D eigenvalue weighted by Crippen LogP contribution is -2.57. The van der Waals surface area contributed by atoms with Crippen LogP contribution in [0.25, 0.3) is 0 Å². The predicted molar refractivity (Wildman–Crippen MR) is 68.8 cm³/mol. The monoisotopic (exact) mass is 241 g/mol. The van der Waals surface area contributed by atoms with E-state index >= 15 is 0 Å². The summed E-state index contributed by atoms with van der Waals surface area (Å²) in [6, 6.07) is 0.486. The highest BCUT2D eigenvalue weighted by Gasteiger charge is 2.46. The molecule has 0 bridgehead atoms. The van der Waals surface area contributed by atoms with Gasteiger partial charge in [0.05, 0.1) is 0 Å². The topological polar surface area (TPSA) is 52.5 Å². The Morgan fingerprint density at radius 1 is 1.24 bits per heavy atom. The van der Waals surface area contributed by atoms with E-state index in [-0.39, 0.29) is 12.1 Å². The van der Waals surface area contributed by atoms with Gasteiger partial charge in [-0.25, -0.2) is 0 Å². The maximum atomic E-state index is 9.41. The summed E-state index contributed by atoms with van der Waals surface area (Å²) in [6.45, 7) is 2.77. The molecule has 1 aliphatic heterocycles. The third kappa shape index (κ3) is 2.67. The van der Waals surface area contributed by atoms with E-state index in [1.165, 1.54) is 38.5 Å². The molecule has 2 aliphatic rings. The van der Waals surface area contributed by atoms with Gasteiger partial charge in [-0.3, -0.25) is 0 Å². The molecule has 0 aromatic rings. The fraction of sp³-hybridized carbons (Fsp3) is 1.00. The summed E-state index contributed by atoms with van der Waals surface area (Å²) in [7, 11) is 0. The van der Waals surface area contributed by atoms with Gasteiger partial charge in [-0.05, 0) is 43.9 Å². The Kier molecular flexibility index (Phi) is 4.45. The van der Waals surface area contributed by atoms with E-state index in [1.807, 2.05) is 0 Å². The summed E-state index contributed by atoms with van der Waals surface area (Å²) in [4.78, 5) is 0. The Balaban J connectivity index is 2.05. The fourth-order valence-electron chi connectivity index (χ4n) is 4.13. The van der Waals surface area contributed by atoms with Crippen LogP contribution in [0.4, 0.5) is 0 Å². The predicted octanol–water partition coefficient (Wildman–Crippen LogP) is 1.68. The van der Waals surface area contributed by atoms with Gasteiger partial charge < -0.3 is 15.5 Å². The van der Waals surface area contributed by atoms with Crippen LogP contribution in [-0.2, 0) is 0 Å². The van der Waals surface area contributed by atoms with Gasteiger partial charge in [0, 0.05) is 24.8 Å². The van der Waals surface area contributed by atoms with Gasteiger partial charge in [0.15, 0.2) is 0 Å². The van der Waals surface area contributed by atoms with Crippen LogP contribution in [0.1, 0.15) is 51.9 Å². The van der Waals surface area contributed by atoms with Crippen molar-refractivity contribution in [2.24, 2.45) is 11.8 Å². The lowest BCUT2D eigenvalue weighted by atomic mass is 9.73. The van der Waals surface area contributed by atoms with Crippen LogP contribution in [0.15, 0.2) is 0 Å². The van der Waals surface area contributed by atoms with Crippen molar-refractivity contribution in [3.63, 3.8) is 0 Å². The zero-order valence-corrected chi connectivity index (χ0v) is 11.0. The van der Waals surface area contributed by atoms with Crippen LogP contribution in [0.2, 0.25) is 0 Å². The Morgan fingerprint density at radius 2 is 1.94 bits per heavy atom. The summed E-state index contributed by atoms with van der Waals surface area (Å²) in [6.07, 6.45) is 8.39. The maximum absolute atomic E-state index is 9.41. The minimum atomic E-state index is 0.264. The van der Waals surface area contributed by atoms with Crippen molar-refractivity contribution in [1.82, 2.24) is 5.32 Å². The molecule has 1 saturated carbocycles. The van der Waals surface area contributed by atoms with Crippen LogP contribution in [0.3, 0.4) is 0 Å². The number of piperidine rings is 1. The highest BCUT2D eigenvalue weighted by molar-refractivity contribution is 5.04. The average Bonchev–Trinajstić information content (AvgIpc) is 2.72. The van der Waals surface area contributed by atoms with Gasteiger partial charge in [-0.2, -0.15) is 0 Å². The molecule has 100 valence electrons. The van der Waals surface area contributed by atoms with Crippen LogP contribution < -0.4 is 5.32 Å². The first-order valence-electron chi connectivity index (χ1n) is 7.21. The highest BCUT2D eigenvalue weighted by atomic mass is 16.3. The molecule has 1 aliphatic carbocycles. The van der Waals surface area contributed by atoms with Crippen molar-refractivity contribution in [3.05, 3.63) is 0 Å². The van der Waals surface area contributed by atoms with Crippen molar-refractivity contribution in [2.75, 3.05) is 13.2 Å². The second-order valence-corrected chi connectivity index (χ2v) is 6.06. The molecule has 2 rings (SSSR count). The molecule has 1 spiro atoms. The van der Waals surface area contributed by atoms with E-state index < -0.39 is 0 Å². The van der Waals surface area contributed by atoms with Crippen LogP contribution in [-0.4, -0.2) is 35.0 Å². The molecule has 1 heterocycles. The van der Waals surface area contributed by atoms with Crippen LogP contribution in [0.5, 0.6) is 0 Å². The van der Waals surface area contributed by atoms with Gasteiger partial charge in [0.1, 0.15) is 0 Å². The zero-order valence-electron chi connectivity index (χ0n) is 11.0. The molecule has 0 amide bonds. The van der Waals surface area contributed by atoms with Gasteiger partial charge in [-0.15, -0.1) is 0 Å². The van der Waals surface area contributed by atoms with E-state index in [0.717, 1.165) is 6.42 Å². The summed E-state index contributed by atoms with van der Waals surface area (Å²) in [5, 5.41) is 22.3. The summed E-state index contributed by atoms with van der Waals surface area (Å²) in [5.74, 6) is 1.02. The standard InChI is InChI=1S/C14H27NO2/c1-11(10-17)13-5-3-8-14(13)7-2-4-12(15-14)6-9-16/h11-13,15-17H,2-10H2,1H3/t11-,12-,13-,14+/m1/s1. The van der Waals surface area contributed by atoms with Gasteiger partial charge in [-0.1, -0.05) is 19.8 Å². The number of nitrogens with one attached hydrogen (secondary N) is 1. The zero-order chi connectivity index (χ0) is 12.3. The lowest BCUT2D eigenvalue weighted by Gasteiger charge is -2.46. The first kappa shape index (κ1) is 13.3. The summed E-state index contributed by atoms with van der Waals surface area (Å²) < 4.78 is 0. The number of aliphatic hydroxyl groups excluding tert-OH is 2. The fourth-order valence-corrected chi connectivity index (χ4v) is 4.13. The van der Waals surface area contributed by atoms with E-state index in [2.05, 4.69) is 12.2 Å². The quantitative estimate of drug-likeness (QED) is 0.702. The Morgan fingerprint density at radius 3 is 2.59 bits per heavy atom. The Labute approximate surface area is 105 Å². The summed E-state index contributed by atoms with van der Waals surface area (Å²) >= 11 is 0. The molecule has 2 fully saturated rings. The summed E-state index contributed by atoms with van der Waals surface area (Å²) in [5.41, 5.74) is 0.264. The number of hydrogen-bond donors (Lipinski definition) is 3. The Hall–Kier alpha value is -0.120. The van der Waals surface area contributed by atoms with Crippen molar-refractivity contribution in [3.8, 4) is 0 Å². The molecule has 0 aromatic carbocycles. The lowest BCUT2D eigenvalue weighted by molar-refractivity contribution is 0.0824. The normalized spacial score (nSPS) is 39.7.